The molecular formula is C4H10Br3HfO. The van der Waals surface area contributed by atoms with Crippen LogP contribution in [-0.2, 0) is 14.4 Å². The van der Waals surface area contributed by atoms with Crippen molar-refractivity contribution in [3.8, 4) is 0 Å². The van der Waals surface area contributed by atoms with E-state index >= 15 is 0 Å². The van der Waals surface area contributed by atoms with Gasteiger partial charge in [0.05, 0.1) is 0 Å². The van der Waals surface area contributed by atoms with Gasteiger partial charge in [0.25, 0.3) is 0 Å². The summed E-state index contributed by atoms with van der Waals surface area (Å²) in [6.45, 7) is 4.25. The topological polar surface area (TPSA) is 20.2 Å². The summed E-state index contributed by atoms with van der Waals surface area (Å²) in [5.74, 6) is 0.440. The van der Waals surface area contributed by atoms with Gasteiger partial charge in [-0.2, -0.15) is 0 Å². The Kier molecular flexibility index (Phi) is 15.8. The molecule has 0 aromatic rings. The Morgan fingerprint density at radius 3 is 1.44 bits per heavy atom. The summed E-state index contributed by atoms with van der Waals surface area (Å²) in [5, 5.41) is 8.14. The van der Waals surface area contributed by atoms with Crippen LogP contribution in [0.25, 0.3) is 0 Å². The summed E-state index contributed by atoms with van der Waals surface area (Å²) in [5.41, 5.74) is 0. The van der Waals surface area contributed by atoms with Crippen molar-refractivity contribution in [2.75, 3.05) is 6.61 Å². The molecule has 0 atom stereocenters. The van der Waals surface area contributed by atoms with Crippen LogP contribution in [-0.4, -0.2) is 11.7 Å². The van der Waals surface area contributed by atoms with Crippen LogP contribution < -0.4 is 0 Å². The van der Waals surface area contributed by atoms with E-state index < -0.39 is 14.4 Å². The second-order valence-electron chi connectivity index (χ2n) is 1.79. The molecule has 0 unspecified atom stereocenters. The standard InChI is InChI=1S/C4H10O.3BrH.Hf/c1-4(2)3-5;;;;/h4-5H,3H2,1-2H3;3*1H;/q;;;;+3/p-3. The zero-order chi connectivity index (χ0) is 7.86. The van der Waals surface area contributed by atoms with E-state index in [4.69, 9.17) is 5.11 Å². The molecule has 0 aliphatic carbocycles. The summed E-state index contributed by atoms with van der Waals surface area (Å²) in [6, 6.07) is 0. The summed E-state index contributed by atoms with van der Waals surface area (Å²) in [7, 11) is 0. The van der Waals surface area contributed by atoms with Crippen LogP contribution >= 0.6 is 36.9 Å². The zero-order valence-corrected chi connectivity index (χ0v) is 13.7. The third-order valence-electron chi connectivity index (χ3n) is 0.365. The zero-order valence-electron chi connectivity index (χ0n) is 5.37. The Bertz CT molecular complexity index is 48.3. The van der Waals surface area contributed by atoms with Crippen LogP contribution in [0.3, 0.4) is 0 Å². The molecule has 57 valence electrons. The van der Waals surface area contributed by atoms with Crippen molar-refractivity contribution in [3.05, 3.63) is 0 Å². The molecule has 0 amide bonds. The molecule has 9 heavy (non-hydrogen) atoms. The normalized spacial score (nSPS) is 8.33. The number of hydrogen-bond donors (Lipinski definition) is 1. The average Bonchev–Trinajstić information content (AvgIpc) is 1.65. The van der Waals surface area contributed by atoms with Crippen LogP contribution in [0.2, 0.25) is 0 Å². The molecule has 0 bridgehead atoms. The van der Waals surface area contributed by atoms with E-state index in [1.165, 1.54) is 0 Å². The first-order chi connectivity index (χ1) is 4.00. The Labute approximate surface area is 81.6 Å². The molecule has 0 heterocycles. The van der Waals surface area contributed by atoms with E-state index in [2.05, 4.69) is 36.9 Å². The molecule has 0 fully saturated rings. The summed E-state index contributed by atoms with van der Waals surface area (Å²) in [4.78, 5) is 0. The van der Waals surface area contributed by atoms with Crippen molar-refractivity contribution < 1.29 is 19.6 Å². The maximum atomic E-state index is 8.14. The third kappa shape index (κ3) is 38.5. The molecule has 1 nitrogen and oxygen atoms in total. The van der Waals surface area contributed by atoms with Crippen LogP contribution in [0, 0.1) is 5.92 Å². The Balaban J connectivity index is 0. The SMILES string of the molecule is CC(C)CO.[Br][Hf]([Br])[Br]. The predicted molar refractivity (Wildman–Crippen MR) is 48.7 cm³/mol. The number of rotatable bonds is 1. The van der Waals surface area contributed by atoms with Crippen LogP contribution in [0.15, 0.2) is 0 Å². The van der Waals surface area contributed by atoms with Crippen molar-refractivity contribution in [3.63, 3.8) is 0 Å². The van der Waals surface area contributed by atoms with Gasteiger partial charge in [-0.25, -0.2) is 0 Å². The molecule has 1 N–H and O–H groups in total. The summed E-state index contributed by atoms with van der Waals surface area (Å²) >= 11 is 8.73. The van der Waals surface area contributed by atoms with Crippen LogP contribution in [0.5, 0.6) is 0 Å². The molecule has 0 saturated carbocycles. The van der Waals surface area contributed by atoms with E-state index in [1.54, 1.807) is 0 Å². The second-order valence-corrected chi connectivity index (χ2v) is 48.9. The molecule has 0 radical (unpaired) electrons. The molecule has 0 spiro atoms. The van der Waals surface area contributed by atoms with Gasteiger partial charge in [0.1, 0.15) is 0 Å². The Morgan fingerprint density at radius 2 is 1.44 bits per heavy atom. The molecule has 0 aliphatic rings. The first kappa shape index (κ1) is 13.8. The van der Waals surface area contributed by atoms with Crippen molar-refractivity contribution in [1.29, 1.82) is 0 Å². The molecule has 0 aromatic carbocycles. The van der Waals surface area contributed by atoms with Crippen molar-refractivity contribution in [2.45, 2.75) is 13.8 Å². The molecule has 0 aliphatic heterocycles. The van der Waals surface area contributed by atoms with Gasteiger partial charge in [0, 0.05) is 6.61 Å². The minimum absolute atomic E-state index is 0.306. The van der Waals surface area contributed by atoms with Crippen LogP contribution in [0.4, 0.5) is 0 Å². The quantitative estimate of drug-likeness (QED) is 0.558. The summed E-state index contributed by atoms with van der Waals surface area (Å²) in [6.07, 6.45) is 0. The Hall–Kier alpha value is 2.27. The van der Waals surface area contributed by atoms with Gasteiger partial charge in [-0.1, -0.05) is 13.8 Å². The number of hydrogen-bond acceptors (Lipinski definition) is 1. The van der Waals surface area contributed by atoms with E-state index in [9.17, 15) is 0 Å². The van der Waals surface area contributed by atoms with Gasteiger partial charge in [-0.05, 0) is 5.92 Å². The fourth-order valence-electron chi connectivity index (χ4n) is 0. The number of halogens is 3. The minimum atomic E-state index is -1.22. The number of aliphatic hydroxyl groups is 1. The maximum absolute atomic E-state index is 8.14. The third-order valence-corrected chi connectivity index (χ3v) is 0.365. The van der Waals surface area contributed by atoms with Gasteiger partial charge in [-0.15, -0.1) is 0 Å². The second kappa shape index (κ2) is 10.3. The van der Waals surface area contributed by atoms with Gasteiger partial charge in [0.15, 0.2) is 0 Å². The Morgan fingerprint density at radius 1 is 1.33 bits per heavy atom. The molecule has 0 saturated heterocycles. The van der Waals surface area contributed by atoms with E-state index in [0.717, 1.165) is 0 Å². The van der Waals surface area contributed by atoms with Crippen molar-refractivity contribution >= 4 is 36.9 Å². The molecule has 0 aromatic heterocycles. The first-order valence-electron chi connectivity index (χ1n) is 2.45. The fraction of sp³-hybridized carbons (Fsp3) is 1.00. The molecule has 0 rings (SSSR count). The van der Waals surface area contributed by atoms with Crippen LogP contribution in [0.1, 0.15) is 13.8 Å². The fourth-order valence-corrected chi connectivity index (χ4v) is 0. The molecular weight excluding hydrogens is 482 g/mol. The van der Waals surface area contributed by atoms with E-state index in [1.807, 2.05) is 13.8 Å². The van der Waals surface area contributed by atoms with Crippen molar-refractivity contribution in [2.24, 2.45) is 5.92 Å². The van der Waals surface area contributed by atoms with E-state index in [0.29, 0.717) is 12.5 Å². The van der Waals surface area contributed by atoms with E-state index in [-0.39, 0.29) is 0 Å². The monoisotopic (exact) mass is 491 g/mol. The summed E-state index contributed by atoms with van der Waals surface area (Å²) < 4.78 is 0. The van der Waals surface area contributed by atoms with Crippen molar-refractivity contribution in [1.82, 2.24) is 0 Å². The van der Waals surface area contributed by atoms with Gasteiger partial charge < -0.3 is 5.11 Å². The van der Waals surface area contributed by atoms with Gasteiger partial charge in [0.2, 0.25) is 0 Å². The van der Waals surface area contributed by atoms with Gasteiger partial charge >= 0.3 is 51.3 Å². The first-order valence-corrected chi connectivity index (χ1v) is 26.0. The molecule has 5 heteroatoms. The predicted octanol–water partition coefficient (Wildman–Crippen LogP) is 3.17. The average molecular weight is 492 g/mol. The van der Waals surface area contributed by atoms with Gasteiger partial charge in [-0.3, -0.25) is 0 Å². The number of aliphatic hydroxyl groups excluding tert-OH is 1.